The van der Waals surface area contributed by atoms with Crippen molar-refractivity contribution in [2.45, 2.75) is 50.8 Å². The zero-order chi connectivity index (χ0) is 14.7. The van der Waals surface area contributed by atoms with Crippen molar-refractivity contribution in [3.63, 3.8) is 0 Å². The predicted octanol–water partition coefficient (Wildman–Crippen LogP) is 4.17. The molecular weight excluding hydrogens is 288 g/mol. The second-order valence-corrected chi connectivity index (χ2v) is 8.23. The lowest BCUT2D eigenvalue weighted by Gasteiger charge is -2.37. The number of benzene rings is 1. The summed E-state index contributed by atoms with van der Waals surface area (Å²) in [5, 5.41) is 5.68. The van der Waals surface area contributed by atoms with Crippen LogP contribution >= 0.6 is 23.4 Å². The highest BCUT2D eigenvalue weighted by Crippen LogP contribution is 2.35. The molecule has 1 aliphatic rings. The van der Waals surface area contributed by atoms with Crippen molar-refractivity contribution in [3.05, 3.63) is 28.8 Å². The second kappa shape index (κ2) is 7.06. The van der Waals surface area contributed by atoms with Gasteiger partial charge in [-0.25, -0.2) is 0 Å². The van der Waals surface area contributed by atoms with Crippen LogP contribution in [0.5, 0.6) is 0 Å². The lowest BCUT2D eigenvalue weighted by atomic mass is 10.1. The number of thioether (sulfide) groups is 1. The monoisotopic (exact) mass is 312 g/mol. The van der Waals surface area contributed by atoms with Crippen LogP contribution in [0.1, 0.15) is 33.3 Å². The third-order valence-electron chi connectivity index (χ3n) is 3.51. The van der Waals surface area contributed by atoms with E-state index in [1.807, 2.05) is 6.07 Å². The van der Waals surface area contributed by atoms with E-state index in [1.54, 1.807) is 0 Å². The molecular formula is C16H25ClN2S. The maximum atomic E-state index is 6.50. The number of rotatable bonds is 4. The van der Waals surface area contributed by atoms with Gasteiger partial charge in [-0.2, -0.15) is 11.8 Å². The van der Waals surface area contributed by atoms with Crippen LogP contribution in [0.4, 0.5) is 5.69 Å². The highest BCUT2D eigenvalue weighted by Gasteiger charge is 2.25. The summed E-state index contributed by atoms with van der Waals surface area (Å²) >= 11 is 8.57. The molecule has 2 nitrogen and oxygen atoms in total. The van der Waals surface area contributed by atoms with Gasteiger partial charge in [-0.1, -0.05) is 51.4 Å². The van der Waals surface area contributed by atoms with Crippen LogP contribution in [0.25, 0.3) is 0 Å². The van der Waals surface area contributed by atoms with Crippen LogP contribution in [0, 0.1) is 0 Å². The first kappa shape index (κ1) is 16.0. The Labute approximate surface area is 132 Å². The van der Waals surface area contributed by atoms with Crippen LogP contribution in [-0.2, 0) is 6.54 Å². The van der Waals surface area contributed by atoms with E-state index in [0.29, 0.717) is 16.5 Å². The molecule has 2 atom stereocenters. The van der Waals surface area contributed by atoms with E-state index in [2.05, 4.69) is 61.8 Å². The number of hydrogen-bond donors (Lipinski definition) is 1. The SMILES string of the molecule is CC(C)NCc1cccc(Cl)c1N1CC(C)SC(C)C1. The number of nitrogens with zero attached hydrogens (tertiary/aromatic N) is 1. The summed E-state index contributed by atoms with van der Waals surface area (Å²) < 4.78 is 0. The van der Waals surface area contributed by atoms with Crippen LogP contribution < -0.4 is 10.2 Å². The fourth-order valence-electron chi connectivity index (χ4n) is 2.73. The lowest BCUT2D eigenvalue weighted by Crippen LogP contribution is -2.41. The third kappa shape index (κ3) is 4.06. The predicted molar refractivity (Wildman–Crippen MR) is 92.2 cm³/mol. The van der Waals surface area contributed by atoms with Crippen molar-refractivity contribution in [2.24, 2.45) is 0 Å². The topological polar surface area (TPSA) is 15.3 Å². The quantitative estimate of drug-likeness (QED) is 0.898. The molecule has 1 saturated heterocycles. The number of hydrogen-bond acceptors (Lipinski definition) is 3. The molecule has 2 rings (SSSR count). The molecule has 112 valence electrons. The van der Waals surface area contributed by atoms with Gasteiger partial charge in [-0.15, -0.1) is 0 Å². The second-order valence-electron chi connectivity index (χ2n) is 5.95. The average Bonchev–Trinajstić information content (AvgIpc) is 2.35. The Hall–Kier alpha value is -0.380. The van der Waals surface area contributed by atoms with Gasteiger partial charge in [0.15, 0.2) is 0 Å². The molecule has 1 aromatic rings. The standard InChI is InChI=1S/C16H25ClN2S/c1-11(2)18-8-14-6-5-7-15(17)16(14)19-9-12(3)20-13(4)10-19/h5-7,11-13,18H,8-10H2,1-4H3. The molecule has 0 aromatic heterocycles. The lowest BCUT2D eigenvalue weighted by molar-refractivity contribution is 0.587. The Kier molecular flexibility index (Phi) is 5.65. The third-order valence-corrected chi connectivity index (χ3v) is 5.04. The van der Waals surface area contributed by atoms with E-state index in [9.17, 15) is 0 Å². The van der Waals surface area contributed by atoms with Crippen molar-refractivity contribution < 1.29 is 0 Å². The summed E-state index contributed by atoms with van der Waals surface area (Å²) in [6.45, 7) is 12.0. The minimum Gasteiger partial charge on any atom is -0.368 e. The Morgan fingerprint density at radius 1 is 1.30 bits per heavy atom. The van der Waals surface area contributed by atoms with Crippen molar-refractivity contribution in [1.29, 1.82) is 0 Å². The smallest absolute Gasteiger partial charge is 0.0642 e. The first-order valence-electron chi connectivity index (χ1n) is 7.38. The fourth-order valence-corrected chi connectivity index (χ4v) is 4.37. The number of anilines is 1. The van der Waals surface area contributed by atoms with Gasteiger partial charge in [0.25, 0.3) is 0 Å². The molecule has 0 bridgehead atoms. The molecule has 1 aliphatic heterocycles. The number of nitrogens with one attached hydrogen (secondary N) is 1. The van der Waals surface area contributed by atoms with E-state index in [0.717, 1.165) is 24.7 Å². The van der Waals surface area contributed by atoms with Crippen molar-refractivity contribution in [1.82, 2.24) is 5.32 Å². The molecule has 0 radical (unpaired) electrons. The van der Waals surface area contributed by atoms with Crippen LogP contribution in [0.15, 0.2) is 18.2 Å². The van der Waals surface area contributed by atoms with Crippen molar-refractivity contribution in [2.75, 3.05) is 18.0 Å². The minimum absolute atomic E-state index is 0.483. The summed E-state index contributed by atoms with van der Waals surface area (Å²) in [6.07, 6.45) is 0. The molecule has 1 aromatic carbocycles. The molecule has 20 heavy (non-hydrogen) atoms. The summed E-state index contributed by atoms with van der Waals surface area (Å²) in [5.41, 5.74) is 2.53. The minimum atomic E-state index is 0.483. The van der Waals surface area contributed by atoms with Crippen LogP contribution in [0.3, 0.4) is 0 Å². The molecule has 2 unspecified atom stereocenters. The fraction of sp³-hybridized carbons (Fsp3) is 0.625. The maximum absolute atomic E-state index is 6.50. The van der Waals surface area contributed by atoms with Gasteiger partial charge in [0, 0.05) is 36.2 Å². The Morgan fingerprint density at radius 3 is 2.55 bits per heavy atom. The van der Waals surface area contributed by atoms with Crippen molar-refractivity contribution >= 4 is 29.1 Å². The maximum Gasteiger partial charge on any atom is 0.0642 e. The van der Waals surface area contributed by atoms with Crippen molar-refractivity contribution in [3.8, 4) is 0 Å². The first-order chi connectivity index (χ1) is 9.47. The Bertz CT molecular complexity index is 440. The first-order valence-corrected chi connectivity index (χ1v) is 8.70. The van der Waals surface area contributed by atoms with E-state index in [4.69, 9.17) is 11.6 Å². The number of para-hydroxylation sites is 1. The molecule has 1 fully saturated rings. The summed E-state index contributed by atoms with van der Waals surface area (Å²) in [5.74, 6) is 0. The summed E-state index contributed by atoms with van der Waals surface area (Å²) in [6, 6.07) is 6.73. The molecule has 4 heteroatoms. The molecule has 0 aliphatic carbocycles. The molecule has 1 heterocycles. The number of halogens is 1. The highest BCUT2D eigenvalue weighted by atomic mass is 35.5. The summed E-state index contributed by atoms with van der Waals surface area (Å²) in [7, 11) is 0. The van der Waals surface area contributed by atoms with Crippen LogP contribution in [0.2, 0.25) is 5.02 Å². The summed E-state index contributed by atoms with van der Waals surface area (Å²) in [4.78, 5) is 2.46. The largest absolute Gasteiger partial charge is 0.368 e. The van der Waals surface area contributed by atoms with Gasteiger partial charge in [-0.05, 0) is 11.6 Å². The Morgan fingerprint density at radius 2 is 1.95 bits per heavy atom. The highest BCUT2D eigenvalue weighted by molar-refractivity contribution is 8.00. The van der Waals surface area contributed by atoms with E-state index < -0.39 is 0 Å². The molecule has 0 spiro atoms. The van der Waals surface area contributed by atoms with Gasteiger partial charge in [0.1, 0.15) is 0 Å². The average molecular weight is 313 g/mol. The Balaban J connectivity index is 2.24. The van der Waals surface area contributed by atoms with Crippen LogP contribution in [-0.4, -0.2) is 29.6 Å². The molecule has 1 N–H and O–H groups in total. The van der Waals surface area contributed by atoms with Gasteiger partial charge >= 0.3 is 0 Å². The zero-order valence-corrected chi connectivity index (χ0v) is 14.4. The van der Waals surface area contributed by atoms with E-state index in [-0.39, 0.29) is 0 Å². The zero-order valence-electron chi connectivity index (χ0n) is 12.8. The van der Waals surface area contributed by atoms with Gasteiger partial charge in [0.2, 0.25) is 0 Å². The van der Waals surface area contributed by atoms with Gasteiger partial charge in [0.05, 0.1) is 10.7 Å². The molecule has 0 saturated carbocycles. The van der Waals surface area contributed by atoms with E-state index >= 15 is 0 Å². The van der Waals surface area contributed by atoms with E-state index in [1.165, 1.54) is 11.3 Å². The normalized spacial score (nSPS) is 23.4. The molecule has 0 amide bonds. The van der Waals surface area contributed by atoms with Gasteiger partial charge in [-0.3, -0.25) is 0 Å². The van der Waals surface area contributed by atoms with Gasteiger partial charge < -0.3 is 10.2 Å².